The Balaban J connectivity index is 1.73. The number of rotatable bonds is 4. The molecule has 4 rings (SSSR count). The number of benzene rings is 3. The van der Waals surface area contributed by atoms with Crippen molar-refractivity contribution in [2.45, 2.75) is 12.8 Å². The van der Waals surface area contributed by atoms with Crippen molar-refractivity contribution in [3.63, 3.8) is 0 Å². The Morgan fingerprint density at radius 3 is 2.50 bits per heavy atom. The summed E-state index contributed by atoms with van der Waals surface area (Å²) in [7, 11) is 0. The quantitative estimate of drug-likeness (QED) is 0.574. The third-order valence-electron chi connectivity index (χ3n) is 5.34. The van der Waals surface area contributed by atoms with E-state index < -0.39 is 17.5 Å². The molecule has 30 heavy (non-hydrogen) atoms. The fraction of sp³-hybridized carbons (Fsp3) is 0.125. The first-order valence-corrected chi connectivity index (χ1v) is 9.88. The molecule has 3 aromatic carbocycles. The first-order chi connectivity index (χ1) is 14.4. The van der Waals surface area contributed by atoms with Gasteiger partial charge in [-0.3, -0.25) is 4.79 Å². The summed E-state index contributed by atoms with van der Waals surface area (Å²) < 4.78 is 28.2. The van der Waals surface area contributed by atoms with Crippen molar-refractivity contribution in [1.29, 1.82) is 0 Å². The van der Waals surface area contributed by atoms with Gasteiger partial charge in [-0.15, -0.1) is 0 Å². The highest BCUT2D eigenvalue weighted by Crippen LogP contribution is 2.38. The first-order valence-electron chi connectivity index (χ1n) is 9.50. The van der Waals surface area contributed by atoms with E-state index in [1.807, 2.05) is 23.1 Å². The molecule has 1 heterocycles. The number of aryl methyl sites for hydroxylation is 1. The van der Waals surface area contributed by atoms with Crippen molar-refractivity contribution in [3.8, 4) is 11.1 Å². The largest absolute Gasteiger partial charge is 0.366 e. The molecule has 0 atom stereocenters. The van der Waals surface area contributed by atoms with Crippen LogP contribution in [0.2, 0.25) is 5.02 Å². The summed E-state index contributed by atoms with van der Waals surface area (Å²) in [5.41, 5.74) is 9.43. The van der Waals surface area contributed by atoms with Crippen LogP contribution in [0.25, 0.3) is 16.8 Å². The number of carbonyl (C=O) groups excluding carboxylic acids is 1. The molecule has 1 aliphatic rings. The second-order valence-corrected chi connectivity index (χ2v) is 7.61. The predicted molar refractivity (Wildman–Crippen MR) is 116 cm³/mol. The number of fused-ring (bicyclic) bond motifs is 1. The molecule has 0 unspecified atom stereocenters. The summed E-state index contributed by atoms with van der Waals surface area (Å²) >= 11 is 6.23. The lowest BCUT2D eigenvalue weighted by Gasteiger charge is -2.33. The molecule has 0 saturated carbocycles. The molecular weight excluding hydrogens is 406 g/mol. The van der Waals surface area contributed by atoms with Crippen LogP contribution >= 0.6 is 11.6 Å². The zero-order valence-electron chi connectivity index (χ0n) is 16.1. The van der Waals surface area contributed by atoms with E-state index in [0.717, 1.165) is 29.7 Å². The summed E-state index contributed by atoms with van der Waals surface area (Å²) in [4.78, 5) is 13.4. The minimum atomic E-state index is -0.809. The molecular formula is C24H19ClF2N2O. The van der Waals surface area contributed by atoms with Gasteiger partial charge in [0, 0.05) is 17.9 Å². The van der Waals surface area contributed by atoms with E-state index in [2.05, 4.69) is 6.58 Å². The summed E-state index contributed by atoms with van der Waals surface area (Å²) in [5, 5.41) is 0.314. The summed E-state index contributed by atoms with van der Waals surface area (Å²) in [6, 6.07) is 14.7. The van der Waals surface area contributed by atoms with Crippen LogP contribution in [0.3, 0.4) is 0 Å². The van der Waals surface area contributed by atoms with Crippen molar-refractivity contribution < 1.29 is 13.6 Å². The van der Waals surface area contributed by atoms with Crippen LogP contribution in [0.1, 0.15) is 27.9 Å². The Morgan fingerprint density at radius 2 is 1.77 bits per heavy atom. The van der Waals surface area contributed by atoms with E-state index in [1.54, 1.807) is 18.2 Å². The van der Waals surface area contributed by atoms with E-state index >= 15 is 0 Å². The minimum Gasteiger partial charge on any atom is -0.366 e. The Hall–Kier alpha value is -3.18. The smallest absolute Gasteiger partial charge is 0.251 e. The third-order valence-corrected chi connectivity index (χ3v) is 5.66. The molecule has 0 bridgehead atoms. The summed E-state index contributed by atoms with van der Waals surface area (Å²) in [6.45, 7) is 4.79. The molecule has 6 heteroatoms. The van der Waals surface area contributed by atoms with E-state index in [4.69, 9.17) is 17.3 Å². The highest BCUT2D eigenvalue weighted by atomic mass is 35.5. The van der Waals surface area contributed by atoms with Gasteiger partial charge in [-0.05, 0) is 65.9 Å². The number of nitrogens with zero attached hydrogens (tertiary/aromatic N) is 1. The predicted octanol–water partition coefficient (Wildman–Crippen LogP) is 5.81. The number of carbonyl (C=O) groups is 1. The van der Waals surface area contributed by atoms with Crippen molar-refractivity contribution in [2.75, 3.05) is 11.4 Å². The molecule has 1 aliphatic heterocycles. The molecule has 1 amide bonds. The van der Waals surface area contributed by atoms with Crippen LogP contribution in [0.15, 0.2) is 61.2 Å². The van der Waals surface area contributed by atoms with E-state index in [0.29, 0.717) is 28.4 Å². The summed E-state index contributed by atoms with van der Waals surface area (Å²) in [5.74, 6) is -1.87. The van der Waals surface area contributed by atoms with Crippen LogP contribution in [0.5, 0.6) is 0 Å². The minimum absolute atomic E-state index is 0.144. The van der Waals surface area contributed by atoms with E-state index in [9.17, 15) is 13.6 Å². The number of amides is 1. The van der Waals surface area contributed by atoms with Gasteiger partial charge >= 0.3 is 0 Å². The highest BCUT2D eigenvalue weighted by Gasteiger charge is 2.23. The van der Waals surface area contributed by atoms with Crippen LogP contribution in [-0.4, -0.2) is 12.5 Å². The lowest BCUT2D eigenvalue weighted by molar-refractivity contribution is 0.0996. The van der Waals surface area contributed by atoms with Crippen molar-refractivity contribution in [1.82, 2.24) is 0 Å². The molecule has 3 nitrogen and oxygen atoms in total. The van der Waals surface area contributed by atoms with Gasteiger partial charge in [0.15, 0.2) is 0 Å². The standard InChI is InChI=1S/C24H19ClF2N2O/c1-14(23-19(25)5-2-6-21(23)27)29-11-3-4-17-12-15(8-10-22(17)29)16-7-9-20(26)18(13-16)24(28)30/h2,5-10,12-13H,1,3-4,11H2,(H2,28,30). The van der Waals surface area contributed by atoms with Crippen molar-refractivity contribution in [3.05, 3.63) is 94.5 Å². The number of halogens is 3. The average Bonchev–Trinajstić information content (AvgIpc) is 2.72. The van der Waals surface area contributed by atoms with Gasteiger partial charge in [-0.25, -0.2) is 8.78 Å². The SMILES string of the molecule is C=C(c1c(F)cccc1Cl)N1CCCc2cc(-c3ccc(F)c(C(N)=O)c3)ccc21. The normalized spacial score (nSPS) is 13.1. The zero-order valence-corrected chi connectivity index (χ0v) is 16.8. The van der Waals surface area contributed by atoms with Crippen LogP contribution in [-0.2, 0) is 6.42 Å². The Bertz CT molecular complexity index is 1160. The van der Waals surface area contributed by atoms with Crippen LogP contribution in [0, 0.1) is 11.6 Å². The molecule has 0 aromatic heterocycles. The fourth-order valence-corrected chi connectivity index (χ4v) is 4.13. The molecule has 2 N–H and O–H groups in total. The monoisotopic (exact) mass is 424 g/mol. The van der Waals surface area contributed by atoms with Gasteiger partial charge in [0.05, 0.1) is 16.1 Å². The molecule has 0 saturated heterocycles. The number of anilines is 1. The van der Waals surface area contributed by atoms with Crippen molar-refractivity contribution in [2.24, 2.45) is 5.73 Å². The molecule has 3 aromatic rings. The molecule has 0 radical (unpaired) electrons. The topological polar surface area (TPSA) is 46.3 Å². The van der Waals surface area contributed by atoms with Gasteiger partial charge in [-0.2, -0.15) is 0 Å². The molecule has 0 spiro atoms. The van der Waals surface area contributed by atoms with E-state index in [1.165, 1.54) is 18.2 Å². The fourth-order valence-electron chi connectivity index (χ4n) is 3.86. The zero-order chi connectivity index (χ0) is 21.4. The molecule has 0 aliphatic carbocycles. The second-order valence-electron chi connectivity index (χ2n) is 7.20. The lowest BCUT2D eigenvalue weighted by atomic mass is 9.94. The second kappa shape index (κ2) is 7.92. The Labute approximate surface area is 178 Å². The number of primary amides is 1. The lowest BCUT2D eigenvalue weighted by Crippen LogP contribution is -2.28. The van der Waals surface area contributed by atoms with E-state index in [-0.39, 0.29) is 5.56 Å². The average molecular weight is 425 g/mol. The Morgan fingerprint density at radius 1 is 1.03 bits per heavy atom. The maximum Gasteiger partial charge on any atom is 0.251 e. The van der Waals surface area contributed by atoms with Gasteiger partial charge in [0.1, 0.15) is 11.6 Å². The van der Waals surface area contributed by atoms with Gasteiger partial charge in [-0.1, -0.05) is 36.4 Å². The Kier molecular flexibility index (Phi) is 5.31. The maximum absolute atomic E-state index is 14.4. The number of hydrogen-bond donors (Lipinski definition) is 1. The van der Waals surface area contributed by atoms with Gasteiger partial charge < -0.3 is 10.6 Å². The highest BCUT2D eigenvalue weighted by molar-refractivity contribution is 6.32. The van der Waals surface area contributed by atoms with Gasteiger partial charge in [0.25, 0.3) is 5.91 Å². The number of hydrogen-bond acceptors (Lipinski definition) is 2. The van der Waals surface area contributed by atoms with Crippen LogP contribution < -0.4 is 10.6 Å². The van der Waals surface area contributed by atoms with Crippen molar-refractivity contribution >= 4 is 28.9 Å². The molecule has 0 fully saturated rings. The summed E-state index contributed by atoms with van der Waals surface area (Å²) in [6.07, 6.45) is 1.69. The van der Waals surface area contributed by atoms with Crippen LogP contribution in [0.4, 0.5) is 14.5 Å². The number of nitrogens with two attached hydrogens (primary N) is 1. The third kappa shape index (κ3) is 3.57. The molecule has 152 valence electrons. The van der Waals surface area contributed by atoms with Gasteiger partial charge in [0.2, 0.25) is 0 Å². The maximum atomic E-state index is 14.4. The first kappa shape index (κ1) is 20.1.